The first-order valence-corrected chi connectivity index (χ1v) is 13.8. The molecule has 0 nitrogen and oxygen atoms in total. The van der Waals surface area contributed by atoms with E-state index in [1.165, 1.54) is 79.2 Å². The van der Waals surface area contributed by atoms with Gasteiger partial charge in [0, 0.05) is 5.88 Å². The smallest absolute Gasteiger partial charge is 0.0474 e. The lowest BCUT2D eigenvalue weighted by molar-refractivity contribution is 0.717. The molecule has 0 bridgehead atoms. The summed E-state index contributed by atoms with van der Waals surface area (Å²) in [5.74, 6) is 2.32. The van der Waals surface area contributed by atoms with Gasteiger partial charge in [-0.25, -0.2) is 0 Å². The maximum atomic E-state index is 5.81. The molecule has 0 aromatic heterocycles. The molecule has 2 saturated carbocycles. The summed E-state index contributed by atoms with van der Waals surface area (Å²) in [6, 6.07) is 23.9. The predicted octanol–water partition coefficient (Wildman–Crippen LogP) is 10.3. The van der Waals surface area contributed by atoms with Crippen LogP contribution in [0.2, 0.25) is 0 Å². The van der Waals surface area contributed by atoms with Crippen LogP contribution in [0.5, 0.6) is 0 Å². The molecule has 2 aliphatic rings. The number of hydrogen-bond donors (Lipinski definition) is 0. The fourth-order valence-electron chi connectivity index (χ4n) is 5.46. The summed E-state index contributed by atoms with van der Waals surface area (Å²) < 4.78 is 0. The van der Waals surface area contributed by atoms with E-state index in [0.717, 1.165) is 11.8 Å². The number of benzene rings is 3. The van der Waals surface area contributed by atoms with Crippen LogP contribution in [0, 0.1) is 27.7 Å². The third-order valence-corrected chi connectivity index (χ3v) is 8.00. The molecule has 182 valence electrons. The molecule has 0 saturated heterocycles. The Balaban J connectivity index is 0.000000148. The van der Waals surface area contributed by atoms with E-state index in [9.17, 15) is 0 Å². The minimum atomic E-state index is 0.631. The van der Waals surface area contributed by atoms with Crippen molar-refractivity contribution in [1.82, 2.24) is 0 Å². The fraction of sp³-hybridized carbons (Fsp3) is 0.455. The van der Waals surface area contributed by atoms with Crippen molar-refractivity contribution in [3.63, 3.8) is 0 Å². The molecule has 0 radical (unpaired) electrons. The maximum absolute atomic E-state index is 5.81. The molecule has 3 aromatic rings. The number of aryl methyl sites for hydroxylation is 4. The average Bonchev–Trinajstić information content (AvgIpc) is 3.57. The van der Waals surface area contributed by atoms with Gasteiger partial charge in [0.05, 0.1) is 0 Å². The number of alkyl halides is 1. The first-order chi connectivity index (χ1) is 16.5. The topological polar surface area (TPSA) is 0 Å². The molecule has 0 aliphatic heterocycles. The van der Waals surface area contributed by atoms with Crippen molar-refractivity contribution in [1.29, 1.82) is 0 Å². The van der Waals surface area contributed by atoms with Gasteiger partial charge in [0.25, 0.3) is 0 Å². The maximum Gasteiger partial charge on any atom is 0.0474 e. The van der Waals surface area contributed by atoms with Crippen LogP contribution in [0.25, 0.3) is 0 Å². The predicted molar refractivity (Wildman–Crippen MR) is 150 cm³/mol. The first-order valence-electron chi connectivity index (χ1n) is 13.2. The molecule has 3 aromatic carbocycles. The fourth-order valence-corrected chi connectivity index (χ4v) is 5.63. The van der Waals surface area contributed by atoms with Crippen LogP contribution in [0.1, 0.15) is 102 Å². The molecule has 0 amide bonds. The van der Waals surface area contributed by atoms with Crippen molar-refractivity contribution in [2.24, 2.45) is 0 Å². The van der Waals surface area contributed by atoms with Crippen LogP contribution in [0.4, 0.5) is 0 Å². The largest absolute Gasteiger partial charge is 0.122 e. The molecule has 0 heterocycles. The normalized spacial score (nSPS) is 15.9. The zero-order chi connectivity index (χ0) is 24.3. The zero-order valence-corrected chi connectivity index (χ0v) is 22.5. The molecular weight excluding hydrogens is 432 g/mol. The van der Waals surface area contributed by atoms with Gasteiger partial charge in [0.15, 0.2) is 0 Å². The Morgan fingerprint density at radius 3 is 1.41 bits per heavy atom. The quantitative estimate of drug-likeness (QED) is 0.331. The van der Waals surface area contributed by atoms with Crippen LogP contribution in [-0.4, -0.2) is 0 Å². The van der Waals surface area contributed by atoms with E-state index in [-0.39, 0.29) is 0 Å². The Morgan fingerprint density at radius 2 is 1.00 bits per heavy atom. The highest BCUT2D eigenvalue weighted by Crippen LogP contribution is 2.36. The van der Waals surface area contributed by atoms with Gasteiger partial charge in [-0.15, -0.1) is 11.6 Å². The van der Waals surface area contributed by atoms with Crippen LogP contribution >= 0.6 is 11.6 Å². The van der Waals surface area contributed by atoms with Crippen LogP contribution in [0.3, 0.4) is 0 Å². The Kier molecular flexibility index (Phi) is 10.7. The Labute approximate surface area is 213 Å². The van der Waals surface area contributed by atoms with Gasteiger partial charge < -0.3 is 0 Å². The third kappa shape index (κ3) is 7.74. The van der Waals surface area contributed by atoms with E-state index < -0.39 is 0 Å². The first kappa shape index (κ1) is 26.6. The van der Waals surface area contributed by atoms with Gasteiger partial charge in [-0.1, -0.05) is 92.4 Å². The summed E-state index contributed by atoms with van der Waals surface area (Å²) in [5, 5.41) is 0. The van der Waals surface area contributed by atoms with Gasteiger partial charge >= 0.3 is 0 Å². The second-order valence-corrected chi connectivity index (χ2v) is 10.5. The zero-order valence-electron chi connectivity index (χ0n) is 21.7. The van der Waals surface area contributed by atoms with Gasteiger partial charge in [0.2, 0.25) is 0 Å². The second-order valence-electron chi connectivity index (χ2n) is 10.2. The van der Waals surface area contributed by atoms with Gasteiger partial charge in [0.1, 0.15) is 0 Å². The Morgan fingerprint density at radius 1 is 0.559 bits per heavy atom. The van der Waals surface area contributed by atoms with E-state index >= 15 is 0 Å². The molecule has 2 aliphatic carbocycles. The lowest BCUT2D eigenvalue weighted by atomic mass is 9.92. The molecule has 34 heavy (non-hydrogen) atoms. The Hall–Kier alpha value is -2.05. The molecule has 5 rings (SSSR count). The lowest BCUT2D eigenvalue weighted by Crippen LogP contribution is -1.96. The minimum Gasteiger partial charge on any atom is -0.122 e. The monoisotopic (exact) mass is 474 g/mol. The number of halogens is 1. The van der Waals surface area contributed by atoms with Crippen LogP contribution < -0.4 is 0 Å². The summed E-state index contributed by atoms with van der Waals surface area (Å²) >= 11 is 5.81. The highest BCUT2D eigenvalue weighted by molar-refractivity contribution is 6.17. The van der Waals surface area contributed by atoms with E-state index in [1.807, 2.05) is 0 Å². The highest BCUT2D eigenvalue weighted by atomic mass is 35.5. The second kappa shape index (κ2) is 13.7. The summed E-state index contributed by atoms with van der Waals surface area (Å²) in [4.78, 5) is 0. The Bertz CT molecular complexity index is 986. The highest BCUT2D eigenvalue weighted by Gasteiger charge is 2.19. The molecule has 0 atom stereocenters. The minimum absolute atomic E-state index is 0.631. The molecular formula is C33H43Cl. The SMILES string of the molecule is Cc1cc(CCl)ccc1C1CCCC1.Cc1ccccc1C.Cc1ccccc1C1CCCC1. The number of rotatable bonds is 3. The molecule has 0 spiro atoms. The summed E-state index contributed by atoms with van der Waals surface area (Å²) in [6.07, 6.45) is 11.2. The summed E-state index contributed by atoms with van der Waals surface area (Å²) in [6.45, 7) is 8.68. The standard InChI is InChI=1S/C13H17Cl.C12H16.C8H10/c1-10-8-11(9-14)6-7-13(10)12-4-2-3-5-12;1-10-6-2-5-9-12(10)11-7-3-4-8-11;1-7-5-3-4-6-8(7)2/h6-8,12H,2-5,9H2,1H3;2,5-6,9,11H,3-4,7-8H2,1H3;3-6H,1-2H3. The van der Waals surface area contributed by atoms with Gasteiger partial charge in [-0.2, -0.15) is 0 Å². The van der Waals surface area contributed by atoms with Crippen molar-refractivity contribution >= 4 is 11.6 Å². The lowest BCUT2D eigenvalue weighted by Gasteiger charge is -2.13. The van der Waals surface area contributed by atoms with E-state index in [2.05, 4.69) is 94.4 Å². The van der Waals surface area contributed by atoms with Gasteiger partial charge in [-0.05, 0) is 104 Å². The molecule has 2 fully saturated rings. The number of hydrogen-bond acceptors (Lipinski definition) is 0. The third-order valence-electron chi connectivity index (χ3n) is 7.69. The van der Waals surface area contributed by atoms with Crippen molar-refractivity contribution in [3.8, 4) is 0 Å². The van der Waals surface area contributed by atoms with Crippen molar-refractivity contribution in [3.05, 3.63) is 106 Å². The van der Waals surface area contributed by atoms with Crippen LogP contribution in [-0.2, 0) is 5.88 Å². The molecule has 0 N–H and O–H groups in total. The van der Waals surface area contributed by atoms with Crippen molar-refractivity contribution in [2.75, 3.05) is 0 Å². The van der Waals surface area contributed by atoms with Crippen LogP contribution in [0.15, 0.2) is 66.7 Å². The van der Waals surface area contributed by atoms with E-state index in [4.69, 9.17) is 11.6 Å². The van der Waals surface area contributed by atoms with E-state index in [1.54, 1.807) is 11.1 Å². The van der Waals surface area contributed by atoms with Gasteiger partial charge in [-0.3, -0.25) is 0 Å². The van der Waals surface area contributed by atoms with Crippen molar-refractivity contribution < 1.29 is 0 Å². The molecule has 0 unspecified atom stereocenters. The summed E-state index contributed by atoms with van der Waals surface area (Å²) in [5.41, 5.74) is 10.0. The summed E-state index contributed by atoms with van der Waals surface area (Å²) in [7, 11) is 0. The average molecular weight is 475 g/mol. The van der Waals surface area contributed by atoms with Crippen molar-refractivity contribution in [2.45, 2.75) is 96.8 Å². The van der Waals surface area contributed by atoms with E-state index in [0.29, 0.717) is 5.88 Å². The molecule has 1 heteroatoms.